The number of thiophene rings is 1. The van der Waals surface area contributed by atoms with Gasteiger partial charge in [0.1, 0.15) is 16.2 Å². The van der Waals surface area contributed by atoms with Crippen LogP contribution in [0.5, 0.6) is 0 Å². The number of halogens is 1. The standard InChI is InChI=1S/C15H17N3O2.C10H8N2O3S.ClH/c16-8-9-4-5-10-3-1-2-6-18(11(10)7-9)13-12(17)14(19)15(13)20;13-8-6-4-2-1-3-5(4)16-9(6)12-7(11-8)10(14)15;/h4-5,7H,1-3,6,8,16-17H2;1-3H2,(H,14,15)(H,11,12,13);1H. The monoisotopic (exact) mass is 543 g/mol. The van der Waals surface area contributed by atoms with Gasteiger partial charge in [0.15, 0.2) is 0 Å². The molecular weight excluding hydrogens is 518 g/mol. The Balaban J connectivity index is 0.000000172. The molecule has 2 aliphatic rings. The van der Waals surface area contributed by atoms with Crippen molar-refractivity contribution in [3.8, 4) is 0 Å². The van der Waals surface area contributed by atoms with Gasteiger partial charge in [0.25, 0.3) is 16.4 Å². The molecule has 0 fully saturated rings. The summed E-state index contributed by atoms with van der Waals surface area (Å²) in [5.74, 6) is -1.48. The van der Waals surface area contributed by atoms with Crippen LogP contribution in [0, 0.1) is 0 Å². The van der Waals surface area contributed by atoms with Crippen LogP contribution in [-0.2, 0) is 25.8 Å². The highest BCUT2D eigenvalue weighted by atomic mass is 35.5. The third kappa shape index (κ3) is 4.65. The molecule has 0 bridgehead atoms. The zero-order valence-corrected chi connectivity index (χ0v) is 21.5. The van der Waals surface area contributed by atoms with Crippen molar-refractivity contribution < 1.29 is 9.90 Å². The molecule has 0 amide bonds. The third-order valence-corrected chi connectivity index (χ3v) is 7.91. The zero-order chi connectivity index (χ0) is 25.6. The van der Waals surface area contributed by atoms with Crippen LogP contribution >= 0.6 is 23.7 Å². The smallest absolute Gasteiger partial charge is 0.372 e. The van der Waals surface area contributed by atoms with Gasteiger partial charge in [0, 0.05) is 23.7 Å². The number of fused-ring (bicyclic) bond motifs is 4. The predicted octanol–water partition coefficient (Wildman–Crippen LogP) is 2.39. The van der Waals surface area contributed by atoms with Gasteiger partial charge in [-0.1, -0.05) is 12.1 Å². The number of H-pyrrole nitrogens is 1. The highest BCUT2D eigenvalue weighted by Crippen LogP contribution is 2.35. The van der Waals surface area contributed by atoms with Crippen LogP contribution in [0.3, 0.4) is 0 Å². The normalized spacial score (nSPS) is 14.4. The van der Waals surface area contributed by atoms with Gasteiger partial charge < -0.3 is 26.5 Å². The van der Waals surface area contributed by atoms with Crippen LogP contribution < -0.4 is 32.8 Å². The van der Waals surface area contributed by atoms with Crippen LogP contribution in [0.15, 0.2) is 32.6 Å². The SMILES string of the molecule is Cl.NCc1ccc2c(c1)N(c1c(N)c(=O)c1=O)CCCC2.O=C(O)c1nc2sc3c(c2c(=O)[nH]1)CCC3. The van der Waals surface area contributed by atoms with E-state index in [0.717, 1.165) is 55.3 Å². The van der Waals surface area contributed by atoms with Crippen molar-refractivity contribution in [2.24, 2.45) is 5.73 Å². The van der Waals surface area contributed by atoms with Crippen molar-refractivity contribution in [3.63, 3.8) is 0 Å². The Bertz CT molecular complexity index is 1640. The van der Waals surface area contributed by atoms with Gasteiger partial charge in [-0.2, -0.15) is 0 Å². The first-order valence-corrected chi connectivity index (χ1v) is 12.6. The number of rotatable bonds is 3. The Morgan fingerprint density at radius 3 is 2.59 bits per heavy atom. The molecule has 6 N–H and O–H groups in total. The molecule has 1 aliphatic heterocycles. The predicted molar refractivity (Wildman–Crippen MR) is 147 cm³/mol. The van der Waals surface area contributed by atoms with E-state index < -0.39 is 16.8 Å². The van der Waals surface area contributed by atoms with E-state index in [9.17, 15) is 19.2 Å². The Labute approximate surface area is 221 Å². The van der Waals surface area contributed by atoms with E-state index in [0.29, 0.717) is 29.0 Å². The summed E-state index contributed by atoms with van der Waals surface area (Å²) >= 11 is 1.44. The van der Waals surface area contributed by atoms with Crippen LogP contribution in [0.1, 0.15) is 51.4 Å². The third-order valence-electron chi connectivity index (χ3n) is 6.72. The van der Waals surface area contributed by atoms with Gasteiger partial charge in [0.2, 0.25) is 5.82 Å². The van der Waals surface area contributed by atoms with E-state index >= 15 is 0 Å². The summed E-state index contributed by atoms with van der Waals surface area (Å²) in [6.07, 6.45) is 5.92. The maximum absolute atomic E-state index is 11.8. The minimum Gasteiger partial charge on any atom is -0.475 e. The van der Waals surface area contributed by atoms with Crippen LogP contribution in [0.4, 0.5) is 17.1 Å². The average molecular weight is 544 g/mol. The minimum atomic E-state index is -1.20. The number of benzene rings is 1. The highest BCUT2D eigenvalue weighted by Gasteiger charge is 2.27. The number of hydrogen-bond acceptors (Lipinski definition) is 9. The molecule has 0 spiro atoms. The highest BCUT2D eigenvalue weighted by molar-refractivity contribution is 7.18. The van der Waals surface area contributed by atoms with Crippen molar-refractivity contribution in [1.29, 1.82) is 0 Å². The maximum Gasteiger partial charge on any atom is 0.372 e. The zero-order valence-electron chi connectivity index (χ0n) is 19.8. The topological polar surface area (TPSA) is 172 Å². The van der Waals surface area contributed by atoms with Crippen molar-refractivity contribution in [2.75, 3.05) is 17.2 Å². The Morgan fingerprint density at radius 1 is 1.11 bits per heavy atom. The molecule has 0 saturated carbocycles. The average Bonchev–Trinajstić information content (AvgIpc) is 3.40. The van der Waals surface area contributed by atoms with Gasteiger partial charge in [-0.15, -0.1) is 23.7 Å². The number of anilines is 3. The molecule has 0 unspecified atom stereocenters. The molecule has 3 heterocycles. The lowest BCUT2D eigenvalue weighted by Gasteiger charge is -2.27. The number of hydrogen-bond donors (Lipinski definition) is 4. The van der Waals surface area contributed by atoms with Gasteiger partial charge >= 0.3 is 5.97 Å². The molecule has 0 atom stereocenters. The molecule has 6 rings (SSSR count). The number of nitrogen functional groups attached to an aromatic ring is 1. The number of aromatic nitrogens is 2. The fourth-order valence-corrected chi connectivity index (χ4v) is 6.17. The number of aromatic carboxylic acids is 1. The van der Waals surface area contributed by atoms with E-state index in [1.54, 1.807) is 0 Å². The number of aryl methyl sites for hydroxylation is 3. The summed E-state index contributed by atoms with van der Waals surface area (Å²) in [6.45, 7) is 1.15. The van der Waals surface area contributed by atoms with E-state index in [1.807, 2.05) is 17.0 Å². The van der Waals surface area contributed by atoms with E-state index in [1.165, 1.54) is 21.8 Å². The number of carboxylic acids is 1. The molecule has 4 aromatic rings. The first kappa shape index (κ1) is 26.5. The molecule has 0 radical (unpaired) electrons. The number of carbonyl (C=O) groups is 1. The molecule has 2 aromatic heterocycles. The van der Waals surface area contributed by atoms with E-state index in [4.69, 9.17) is 16.6 Å². The second-order valence-corrected chi connectivity index (χ2v) is 10.0. The van der Waals surface area contributed by atoms with Crippen molar-refractivity contribution in [1.82, 2.24) is 9.97 Å². The van der Waals surface area contributed by atoms with Gasteiger partial charge in [-0.05, 0) is 61.3 Å². The second-order valence-electron chi connectivity index (χ2n) is 8.95. The van der Waals surface area contributed by atoms with Crippen LogP contribution in [-0.4, -0.2) is 27.6 Å². The van der Waals surface area contributed by atoms with Crippen molar-refractivity contribution in [2.45, 2.75) is 45.1 Å². The summed E-state index contributed by atoms with van der Waals surface area (Å²) in [4.78, 5) is 55.5. The van der Waals surface area contributed by atoms with Crippen LogP contribution in [0.2, 0.25) is 0 Å². The Kier molecular flexibility index (Phi) is 7.49. The Morgan fingerprint density at radius 2 is 1.89 bits per heavy atom. The molecule has 37 heavy (non-hydrogen) atoms. The molecule has 194 valence electrons. The lowest BCUT2D eigenvalue weighted by molar-refractivity contribution is 0.0683. The fourth-order valence-electron chi connectivity index (χ4n) is 4.91. The molecular formula is C25H26ClN5O5S. The number of nitrogens with zero attached hydrogens (tertiary/aromatic N) is 2. The van der Waals surface area contributed by atoms with Gasteiger partial charge in [0.05, 0.1) is 5.39 Å². The summed E-state index contributed by atoms with van der Waals surface area (Å²) in [7, 11) is 0. The van der Waals surface area contributed by atoms with Gasteiger partial charge in [-0.3, -0.25) is 14.4 Å². The van der Waals surface area contributed by atoms with Crippen LogP contribution in [0.25, 0.3) is 10.2 Å². The van der Waals surface area contributed by atoms with E-state index in [2.05, 4.69) is 16.0 Å². The molecule has 12 heteroatoms. The van der Waals surface area contributed by atoms with Gasteiger partial charge in [-0.25, -0.2) is 9.78 Å². The number of aromatic amines is 1. The quantitative estimate of drug-likeness (QED) is 0.283. The minimum absolute atomic E-state index is 0. The summed E-state index contributed by atoms with van der Waals surface area (Å²) in [6, 6.07) is 6.06. The summed E-state index contributed by atoms with van der Waals surface area (Å²) < 4.78 is 0. The lowest BCUT2D eigenvalue weighted by atomic mass is 10.0. The Hall–Kier alpha value is -3.54. The molecule has 1 aliphatic carbocycles. The first-order chi connectivity index (χ1) is 17.3. The second kappa shape index (κ2) is 10.4. The van der Waals surface area contributed by atoms with Crippen molar-refractivity contribution in [3.05, 3.63) is 76.4 Å². The fraction of sp³-hybridized carbons (Fsp3) is 0.320. The summed E-state index contributed by atoms with van der Waals surface area (Å²) in [5, 5.41) is 9.37. The molecule has 10 nitrogen and oxygen atoms in total. The summed E-state index contributed by atoms with van der Waals surface area (Å²) in [5.41, 5.74) is 14.7. The van der Waals surface area contributed by atoms with Crippen molar-refractivity contribution >= 4 is 57.0 Å². The lowest BCUT2D eigenvalue weighted by Crippen LogP contribution is -2.41. The number of nitrogens with two attached hydrogens (primary N) is 2. The number of nitrogens with one attached hydrogen (secondary N) is 1. The molecule has 0 saturated heterocycles. The largest absolute Gasteiger partial charge is 0.475 e. The number of carboxylic acid groups (broad SMARTS) is 1. The maximum atomic E-state index is 11.8. The first-order valence-electron chi connectivity index (χ1n) is 11.8. The van der Waals surface area contributed by atoms with E-state index in [-0.39, 0.29) is 29.5 Å². The molecule has 2 aromatic carbocycles.